The quantitative estimate of drug-likeness (QED) is 0.296. The summed E-state index contributed by atoms with van der Waals surface area (Å²) in [5, 5.41) is 7.13. The SMILES string of the molecule is COc1cnc(O[C@@H]2C[C@H]3C(=O)N[C@]4(C(=O)NS(=O)(=O)C5(CF)CC5)C[C@H]4/C=C\CC[C@H](C)C[C@@H](C)[C@H](NC(=O)OC4(C5CC5)COC4)C(=O)N3C2)c2ccccc12. The maximum absolute atomic E-state index is 15.0. The molecule has 15 nitrogen and oxygen atoms in total. The molecular formula is C41H52FN5O10S. The van der Waals surface area contributed by atoms with Crippen molar-refractivity contribution >= 4 is 44.6 Å². The number of benzene rings is 1. The van der Waals surface area contributed by atoms with Crippen molar-refractivity contribution in [3.05, 3.63) is 42.6 Å². The average Bonchev–Trinajstić information content (AvgIpc) is 4.10. The van der Waals surface area contributed by atoms with Crippen molar-refractivity contribution in [2.24, 2.45) is 23.7 Å². The smallest absolute Gasteiger partial charge is 0.408 e. The summed E-state index contributed by atoms with van der Waals surface area (Å²) < 4.78 is 64.2. The maximum Gasteiger partial charge on any atom is 0.408 e. The molecule has 3 aliphatic carbocycles. The van der Waals surface area contributed by atoms with Crippen LogP contribution >= 0.6 is 0 Å². The monoisotopic (exact) mass is 825 g/mol. The van der Waals surface area contributed by atoms with Crippen LogP contribution in [0.2, 0.25) is 0 Å². The number of alkyl carbamates (subject to hydrolysis) is 1. The fourth-order valence-electron chi connectivity index (χ4n) is 8.94. The van der Waals surface area contributed by atoms with Crippen LogP contribution in [0.15, 0.2) is 42.6 Å². The number of hydrogen-bond donors (Lipinski definition) is 3. The Balaban J connectivity index is 1.11. The van der Waals surface area contributed by atoms with Crippen LogP contribution in [0, 0.1) is 23.7 Å². The van der Waals surface area contributed by atoms with Gasteiger partial charge in [0.15, 0.2) is 5.60 Å². The van der Waals surface area contributed by atoms with E-state index in [-0.39, 0.29) is 69.1 Å². The van der Waals surface area contributed by atoms with Crippen LogP contribution in [-0.4, -0.2) is 110 Å². The van der Waals surface area contributed by atoms with Gasteiger partial charge in [0.1, 0.15) is 40.9 Å². The zero-order valence-corrected chi connectivity index (χ0v) is 33.9. The zero-order valence-electron chi connectivity index (χ0n) is 33.0. The van der Waals surface area contributed by atoms with Gasteiger partial charge in [0.25, 0.3) is 5.91 Å². The lowest BCUT2D eigenvalue weighted by Gasteiger charge is -2.41. The molecule has 4 amide bonds. The average molecular weight is 826 g/mol. The van der Waals surface area contributed by atoms with Gasteiger partial charge in [-0.05, 0) is 69.3 Å². The topological polar surface area (TPSA) is 192 Å². The highest BCUT2D eigenvalue weighted by atomic mass is 32.2. The van der Waals surface area contributed by atoms with Crippen molar-refractivity contribution in [1.82, 2.24) is 25.2 Å². The summed E-state index contributed by atoms with van der Waals surface area (Å²) in [6.07, 6.45) is 7.81. The summed E-state index contributed by atoms with van der Waals surface area (Å²) in [6.45, 7) is 3.33. The summed E-state index contributed by atoms with van der Waals surface area (Å²) in [7, 11) is -2.85. The Morgan fingerprint density at radius 2 is 1.83 bits per heavy atom. The Hall–Kier alpha value is -4.51. The number of sulfonamides is 1. The van der Waals surface area contributed by atoms with Gasteiger partial charge in [-0.2, -0.15) is 0 Å². The van der Waals surface area contributed by atoms with Gasteiger partial charge in [0, 0.05) is 29.0 Å². The van der Waals surface area contributed by atoms with E-state index in [0.717, 1.165) is 24.6 Å². The first kappa shape index (κ1) is 40.3. The van der Waals surface area contributed by atoms with E-state index in [1.807, 2.05) is 43.3 Å². The Labute approximate surface area is 337 Å². The molecule has 3 saturated carbocycles. The number of rotatable bonds is 10. The number of amides is 4. The van der Waals surface area contributed by atoms with Crippen molar-refractivity contribution in [1.29, 1.82) is 0 Å². The van der Waals surface area contributed by atoms with E-state index in [1.54, 1.807) is 0 Å². The zero-order chi connectivity index (χ0) is 41.0. The lowest BCUT2D eigenvalue weighted by atomic mass is 9.88. The molecule has 5 fully saturated rings. The molecule has 4 heterocycles. The molecule has 58 heavy (non-hydrogen) atoms. The minimum Gasteiger partial charge on any atom is -0.494 e. The van der Waals surface area contributed by atoms with E-state index in [4.69, 9.17) is 18.9 Å². The highest BCUT2D eigenvalue weighted by Gasteiger charge is 2.64. The van der Waals surface area contributed by atoms with Crippen molar-refractivity contribution in [2.75, 3.05) is 33.5 Å². The lowest BCUT2D eigenvalue weighted by molar-refractivity contribution is -0.190. The number of aromatic nitrogens is 1. The highest BCUT2D eigenvalue weighted by molar-refractivity contribution is 7.91. The second kappa shape index (κ2) is 15.3. The third-order valence-corrected chi connectivity index (χ3v) is 15.2. The van der Waals surface area contributed by atoms with Gasteiger partial charge in [-0.25, -0.2) is 22.6 Å². The van der Waals surface area contributed by atoms with Gasteiger partial charge >= 0.3 is 6.09 Å². The molecule has 3 aliphatic heterocycles. The first-order valence-electron chi connectivity index (χ1n) is 20.3. The van der Waals surface area contributed by atoms with Gasteiger partial charge in [-0.3, -0.25) is 19.1 Å². The van der Waals surface area contributed by atoms with E-state index >= 15 is 0 Å². The van der Waals surface area contributed by atoms with E-state index in [0.29, 0.717) is 24.0 Å². The fourth-order valence-corrected chi connectivity index (χ4v) is 10.4. The number of halogens is 1. The molecule has 2 saturated heterocycles. The van der Waals surface area contributed by atoms with Crippen LogP contribution in [0.4, 0.5) is 9.18 Å². The molecule has 0 unspecified atom stereocenters. The summed E-state index contributed by atoms with van der Waals surface area (Å²) in [6, 6.07) is 5.09. The standard InChI is InChI=1S/C41H52FN5O10S/c1-24-8-4-5-9-27-18-41(27,37(50)46-58(52,53)39(21-42)14-15-39)45-34(48)31-17-28(56-35-30-11-7-6-10-29(30)32(54-3)19-43-35)20-47(31)36(49)33(25(2)16-24)44-38(51)57-40(22-55-23-40)26-12-13-26/h5-7,9-11,19,24-28,31,33H,4,8,12-18,20-23H2,1-3H3,(H,44,51)(H,45,48)(H,46,50)/b9-5-/t24-,25+,27+,28+,31-,33-,41+/m0/s1. The second-order valence-electron chi connectivity index (χ2n) is 17.3. The molecule has 1 aromatic heterocycles. The Kier molecular flexibility index (Phi) is 10.6. The summed E-state index contributed by atoms with van der Waals surface area (Å²) in [5.74, 6) is -1.98. The van der Waals surface area contributed by atoms with Crippen molar-refractivity contribution in [3.8, 4) is 11.6 Å². The normalized spacial score (nSPS) is 32.2. The summed E-state index contributed by atoms with van der Waals surface area (Å²) in [5.41, 5.74) is -2.39. The maximum atomic E-state index is 15.0. The number of nitrogens with zero attached hydrogens (tertiary/aromatic N) is 2. The number of pyridine rings is 1. The van der Waals surface area contributed by atoms with Crippen molar-refractivity contribution in [2.45, 2.75) is 106 Å². The van der Waals surface area contributed by atoms with Crippen LogP contribution < -0.4 is 24.8 Å². The van der Waals surface area contributed by atoms with Gasteiger partial charge < -0.3 is 34.5 Å². The van der Waals surface area contributed by atoms with E-state index in [1.165, 1.54) is 18.2 Å². The number of carbonyl (C=O) groups excluding carboxylic acids is 4. The molecular weight excluding hydrogens is 774 g/mol. The van der Waals surface area contributed by atoms with Crippen LogP contribution in [0.5, 0.6) is 11.6 Å². The van der Waals surface area contributed by atoms with Crippen LogP contribution in [0.25, 0.3) is 10.8 Å². The Morgan fingerprint density at radius 1 is 1.09 bits per heavy atom. The number of carbonyl (C=O) groups is 4. The van der Waals surface area contributed by atoms with Crippen molar-refractivity contribution in [3.63, 3.8) is 0 Å². The van der Waals surface area contributed by atoms with Gasteiger partial charge in [0.05, 0.1) is 33.1 Å². The molecule has 0 radical (unpaired) electrons. The van der Waals surface area contributed by atoms with Crippen LogP contribution in [-0.2, 0) is 33.9 Å². The summed E-state index contributed by atoms with van der Waals surface area (Å²) >= 11 is 0. The Bertz CT molecular complexity index is 2110. The summed E-state index contributed by atoms with van der Waals surface area (Å²) in [4.78, 5) is 63.0. The number of alkyl halides is 1. The van der Waals surface area contributed by atoms with Gasteiger partial charge in [0.2, 0.25) is 27.7 Å². The van der Waals surface area contributed by atoms with E-state index in [9.17, 15) is 32.0 Å². The molecule has 0 bridgehead atoms. The molecule has 7 atom stereocenters. The predicted molar refractivity (Wildman–Crippen MR) is 208 cm³/mol. The minimum atomic E-state index is -4.39. The molecule has 1 aromatic carbocycles. The van der Waals surface area contributed by atoms with Crippen LogP contribution in [0.1, 0.15) is 71.6 Å². The number of ether oxygens (including phenoxy) is 4. The number of nitrogens with one attached hydrogen (secondary N) is 3. The van der Waals surface area contributed by atoms with Crippen LogP contribution in [0.3, 0.4) is 0 Å². The third-order valence-electron chi connectivity index (χ3n) is 13.1. The van der Waals surface area contributed by atoms with E-state index in [2.05, 4.69) is 27.3 Å². The number of fused-ring (bicyclic) bond motifs is 3. The molecule has 6 aliphatic rings. The predicted octanol–water partition coefficient (Wildman–Crippen LogP) is 3.70. The molecule has 3 N–H and O–H groups in total. The Morgan fingerprint density at radius 3 is 2.48 bits per heavy atom. The van der Waals surface area contributed by atoms with Gasteiger partial charge in [-0.15, -0.1) is 0 Å². The minimum absolute atomic E-state index is 0.00877. The van der Waals surface area contributed by atoms with Gasteiger partial charge in [-0.1, -0.05) is 44.2 Å². The van der Waals surface area contributed by atoms with E-state index < -0.39 is 80.5 Å². The second-order valence-corrected chi connectivity index (χ2v) is 19.4. The third kappa shape index (κ3) is 7.48. The number of hydrogen-bond acceptors (Lipinski definition) is 11. The number of methoxy groups -OCH3 is 1. The first-order valence-corrected chi connectivity index (χ1v) is 21.8. The highest BCUT2D eigenvalue weighted by Crippen LogP contribution is 2.48. The number of allylic oxidation sites excluding steroid dienone is 1. The molecule has 314 valence electrons. The largest absolute Gasteiger partial charge is 0.494 e. The molecule has 2 aromatic rings. The molecule has 17 heteroatoms. The molecule has 8 rings (SSSR count). The van der Waals surface area contributed by atoms with Crippen molar-refractivity contribution < 1.29 is 50.9 Å². The first-order chi connectivity index (χ1) is 27.7. The lowest BCUT2D eigenvalue weighted by Crippen LogP contribution is -2.61. The molecule has 0 spiro atoms. The fraction of sp³-hybridized carbons (Fsp3) is 0.634.